The molecule has 2 heterocycles. The summed E-state index contributed by atoms with van der Waals surface area (Å²) in [7, 11) is -5.78. The van der Waals surface area contributed by atoms with E-state index in [1.165, 1.54) is 17.0 Å². The highest BCUT2D eigenvalue weighted by atomic mass is 32.2. The number of imidazole rings is 1. The molecule has 1 aromatic carbocycles. The molecular formula is C15H13F3N2O5S. The molecule has 0 aliphatic carbocycles. The van der Waals surface area contributed by atoms with E-state index in [0.717, 1.165) is 6.07 Å². The zero-order valence-corrected chi connectivity index (χ0v) is 14.2. The van der Waals surface area contributed by atoms with Crippen molar-refractivity contribution in [3.05, 3.63) is 41.5 Å². The first-order chi connectivity index (χ1) is 12.2. The van der Waals surface area contributed by atoms with Gasteiger partial charge in [0.25, 0.3) is 0 Å². The van der Waals surface area contributed by atoms with Gasteiger partial charge in [0.2, 0.25) is 0 Å². The number of benzene rings is 1. The topological polar surface area (TPSA) is 87.5 Å². The molecule has 1 aliphatic rings. The summed E-state index contributed by atoms with van der Waals surface area (Å²) in [4.78, 5) is 15.9. The zero-order chi connectivity index (χ0) is 19.1. The van der Waals surface area contributed by atoms with Crippen LogP contribution in [0.2, 0.25) is 0 Å². The summed E-state index contributed by atoms with van der Waals surface area (Å²) in [5.41, 5.74) is -4.20. The van der Waals surface area contributed by atoms with Crippen LogP contribution in [0.1, 0.15) is 28.7 Å². The lowest BCUT2D eigenvalue weighted by Gasteiger charge is -2.22. The molecule has 140 valence electrons. The van der Waals surface area contributed by atoms with E-state index < -0.39 is 27.3 Å². The maximum absolute atomic E-state index is 12.6. The van der Waals surface area contributed by atoms with E-state index in [-0.39, 0.29) is 30.7 Å². The third-order valence-corrected chi connectivity index (χ3v) is 4.76. The van der Waals surface area contributed by atoms with Crippen LogP contribution in [-0.2, 0) is 27.7 Å². The predicted octanol–water partition coefficient (Wildman–Crippen LogP) is 2.38. The van der Waals surface area contributed by atoms with Crippen molar-refractivity contribution in [2.75, 3.05) is 6.61 Å². The first kappa shape index (κ1) is 18.2. The van der Waals surface area contributed by atoms with Crippen molar-refractivity contribution in [3.63, 3.8) is 0 Å². The van der Waals surface area contributed by atoms with Gasteiger partial charge in [-0.15, -0.1) is 0 Å². The van der Waals surface area contributed by atoms with Crippen molar-refractivity contribution in [2.24, 2.45) is 0 Å². The molecular weight excluding hydrogens is 377 g/mol. The molecule has 0 atom stereocenters. The Hall–Kier alpha value is -2.56. The Bertz CT molecular complexity index is 966. The Kier molecular flexibility index (Phi) is 4.42. The average Bonchev–Trinajstić information content (AvgIpc) is 2.98. The lowest BCUT2D eigenvalue weighted by atomic mass is 10.00. The van der Waals surface area contributed by atoms with Gasteiger partial charge in [0.15, 0.2) is 5.69 Å². The number of fused-ring (bicyclic) bond motifs is 3. The number of aromatic nitrogens is 2. The van der Waals surface area contributed by atoms with Crippen LogP contribution in [0.25, 0.3) is 5.69 Å². The molecule has 0 fully saturated rings. The number of ether oxygens (including phenoxy) is 1. The smallest absolute Gasteiger partial charge is 0.461 e. The van der Waals surface area contributed by atoms with Crippen LogP contribution < -0.4 is 4.18 Å². The van der Waals surface area contributed by atoms with Gasteiger partial charge in [-0.2, -0.15) is 21.6 Å². The van der Waals surface area contributed by atoms with E-state index in [2.05, 4.69) is 9.17 Å². The molecule has 0 saturated carbocycles. The van der Waals surface area contributed by atoms with Gasteiger partial charge in [-0.1, -0.05) is 6.07 Å². The van der Waals surface area contributed by atoms with Crippen molar-refractivity contribution >= 4 is 16.1 Å². The number of carbonyl (C=O) groups is 1. The van der Waals surface area contributed by atoms with Gasteiger partial charge in [-0.25, -0.2) is 9.78 Å². The molecule has 0 saturated heterocycles. The number of nitrogens with zero attached hydrogens (tertiary/aromatic N) is 2. The summed E-state index contributed by atoms with van der Waals surface area (Å²) in [5, 5.41) is 0. The molecule has 0 amide bonds. The Morgan fingerprint density at radius 2 is 2.04 bits per heavy atom. The van der Waals surface area contributed by atoms with E-state index in [0.29, 0.717) is 11.4 Å². The third kappa shape index (κ3) is 3.02. The van der Waals surface area contributed by atoms with Crippen molar-refractivity contribution < 1.29 is 35.3 Å². The van der Waals surface area contributed by atoms with Crippen molar-refractivity contribution in [1.29, 1.82) is 0 Å². The van der Waals surface area contributed by atoms with E-state index in [1.54, 1.807) is 13.0 Å². The molecule has 7 nitrogen and oxygen atoms in total. The highest BCUT2D eigenvalue weighted by molar-refractivity contribution is 7.88. The molecule has 3 rings (SSSR count). The van der Waals surface area contributed by atoms with Crippen LogP contribution in [0.5, 0.6) is 5.75 Å². The third-order valence-electron chi connectivity index (χ3n) is 3.80. The minimum Gasteiger partial charge on any atom is -0.461 e. The molecule has 0 radical (unpaired) electrons. The number of alkyl halides is 3. The van der Waals surface area contributed by atoms with Crippen LogP contribution in [0.15, 0.2) is 24.5 Å². The van der Waals surface area contributed by atoms with Crippen LogP contribution in [0, 0.1) is 0 Å². The van der Waals surface area contributed by atoms with Crippen LogP contribution in [-0.4, -0.2) is 36.1 Å². The van der Waals surface area contributed by atoms with Gasteiger partial charge in [0.1, 0.15) is 12.1 Å². The molecule has 0 N–H and O–H groups in total. The van der Waals surface area contributed by atoms with Gasteiger partial charge >= 0.3 is 21.6 Å². The monoisotopic (exact) mass is 390 g/mol. The molecule has 0 spiro atoms. The van der Waals surface area contributed by atoms with Crippen molar-refractivity contribution in [2.45, 2.75) is 25.3 Å². The molecule has 2 aromatic rings. The summed E-state index contributed by atoms with van der Waals surface area (Å²) in [6.45, 7) is 1.83. The van der Waals surface area contributed by atoms with Crippen molar-refractivity contribution in [1.82, 2.24) is 9.55 Å². The zero-order valence-electron chi connectivity index (χ0n) is 13.4. The standard InChI is InChI=1S/C15H13F3N2O5S/c1-2-24-14(21)13-11-7-6-9-10(20(11)8-19-13)4-3-5-12(9)25-26(22,23)15(16,17)18/h3-5,8H,2,6-7H2,1H3. The summed E-state index contributed by atoms with van der Waals surface area (Å²) in [5.74, 6) is -1.01. The summed E-state index contributed by atoms with van der Waals surface area (Å²) < 4.78 is 71.0. The van der Waals surface area contributed by atoms with Crippen LogP contribution in [0.4, 0.5) is 13.2 Å². The number of hydrogen-bond donors (Lipinski definition) is 0. The van der Waals surface area contributed by atoms with E-state index >= 15 is 0 Å². The number of rotatable bonds is 4. The van der Waals surface area contributed by atoms with Gasteiger partial charge < -0.3 is 13.5 Å². The van der Waals surface area contributed by atoms with Crippen LogP contribution in [0.3, 0.4) is 0 Å². The summed E-state index contributed by atoms with van der Waals surface area (Å²) in [6, 6.07) is 4.08. The number of carbonyl (C=O) groups excluding carboxylic acids is 1. The summed E-state index contributed by atoms with van der Waals surface area (Å²) >= 11 is 0. The first-order valence-corrected chi connectivity index (χ1v) is 8.93. The number of esters is 1. The first-order valence-electron chi connectivity index (χ1n) is 7.52. The van der Waals surface area contributed by atoms with E-state index in [4.69, 9.17) is 4.74 Å². The number of halogens is 3. The highest BCUT2D eigenvalue weighted by Gasteiger charge is 2.49. The average molecular weight is 390 g/mol. The second-order valence-corrected chi connectivity index (χ2v) is 6.91. The van der Waals surface area contributed by atoms with Gasteiger partial charge in [0, 0.05) is 5.56 Å². The fourth-order valence-electron chi connectivity index (χ4n) is 2.71. The van der Waals surface area contributed by atoms with Gasteiger partial charge in [0.05, 0.1) is 18.0 Å². The van der Waals surface area contributed by atoms with Crippen molar-refractivity contribution in [3.8, 4) is 11.4 Å². The molecule has 26 heavy (non-hydrogen) atoms. The minimum absolute atomic E-state index is 0.117. The Morgan fingerprint density at radius 1 is 1.31 bits per heavy atom. The maximum Gasteiger partial charge on any atom is 0.534 e. The normalized spacial score (nSPS) is 13.7. The quantitative estimate of drug-likeness (QED) is 0.453. The Balaban J connectivity index is 2.03. The Morgan fingerprint density at radius 3 is 2.69 bits per heavy atom. The highest BCUT2D eigenvalue weighted by Crippen LogP contribution is 2.35. The maximum atomic E-state index is 12.6. The lowest BCUT2D eigenvalue weighted by Crippen LogP contribution is -2.28. The predicted molar refractivity (Wildman–Crippen MR) is 82.5 cm³/mol. The fraction of sp³-hybridized carbons (Fsp3) is 0.333. The molecule has 0 bridgehead atoms. The van der Waals surface area contributed by atoms with Crippen LogP contribution >= 0.6 is 0 Å². The molecule has 11 heteroatoms. The minimum atomic E-state index is -5.78. The van der Waals surface area contributed by atoms with E-state index in [1.807, 2.05) is 0 Å². The molecule has 1 aromatic heterocycles. The van der Waals surface area contributed by atoms with Gasteiger partial charge in [-0.05, 0) is 31.9 Å². The molecule has 0 unspecified atom stereocenters. The Labute approximate surface area is 146 Å². The van der Waals surface area contributed by atoms with E-state index in [9.17, 15) is 26.4 Å². The molecule has 1 aliphatic heterocycles. The lowest BCUT2D eigenvalue weighted by molar-refractivity contribution is -0.0500. The number of hydrogen-bond acceptors (Lipinski definition) is 6. The second-order valence-electron chi connectivity index (χ2n) is 5.37. The SMILES string of the molecule is CCOC(=O)c1ncn2c1CCc1c(OS(=O)(=O)C(F)(F)F)cccc1-2. The largest absolute Gasteiger partial charge is 0.534 e. The fourth-order valence-corrected chi connectivity index (χ4v) is 3.20. The van der Waals surface area contributed by atoms with Gasteiger partial charge in [-0.3, -0.25) is 0 Å². The second kappa shape index (κ2) is 6.31. The summed E-state index contributed by atoms with van der Waals surface area (Å²) in [6.07, 6.45) is 1.77.